The number of carbonyl (C=O) groups excluding carboxylic acids is 1. The van der Waals surface area contributed by atoms with E-state index in [9.17, 15) is 4.79 Å². The van der Waals surface area contributed by atoms with Crippen LogP contribution in [-0.4, -0.2) is 31.3 Å². The summed E-state index contributed by atoms with van der Waals surface area (Å²) in [6.45, 7) is 8.23. The van der Waals surface area contributed by atoms with Crippen molar-refractivity contribution in [2.75, 3.05) is 19.7 Å². The quantitative estimate of drug-likeness (QED) is 0.737. The molecular formula is C9H19ClN2O2. The van der Waals surface area contributed by atoms with E-state index in [2.05, 4.69) is 10.6 Å². The van der Waals surface area contributed by atoms with E-state index in [0.717, 1.165) is 13.1 Å². The van der Waals surface area contributed by atoms with Gasteiger partial charge < -0.3 is 15.4 Å². The van der Waals surface area contributed by atoms with Gasteiger partial charge in [-0.05, 0) is 20.8 Å². The molecule has 0 spiro atoms. The van der Waals surface area contributed by atoms with Gasteiger partial charge in [0.1, 0.15) is 0 Å². The molecule has 0 unspecified atom stereocenters. The summed E-state index contributed by atoms with van der Waals surface area (Å²) in [5, 5.41) is 5.86. The highest BCUT2D eigenvalue weighted by Gasteiger charge is 2.20. The standard InChI is InChI=1S/C9H18N2O2.ClH/c1-9(2,3)11-8(12)13-6-7-4-10-5-7;/h7,10H,4-6H2,1-3H3,(H,11,12);1H. The number of carbonyl (C=O) groups is 1. The highest BCUT2D eigenvalue weighted by molar-refractivity contribution is 5.85. The summed E-state index contributed by atoms with van der Waals surface area (Å²) < 4.78 is 5.03. The van der Waals surface area contributed by atoms with Crippen LogP contribution in [0.1, 0.15) is 20.8 Å². The predicted octanol–water partition coefficient (Wildman–Crippen LogP) is 1.15. The normalized spacial score (nSPS) is 16.5. The van der Waals surface area contributed by atoms with Crippen molar-refractivity contribution in [2.24, 2.45) is 5.92 Å². The molecule has 0 saturated carbocycles. The minimum Gasteiger partial charge on any atom is -0.449 e. The Kier molecular flexibility index (Phi) is 5.23. The first-order chi connectivity index (χ1) is 5.97. The van der Waals surface area contributed by atoms with Crippen molar-refractivity contribution in [3.8, 4) is 0 Å². The molecule has 1 fully saturated rings. The topological polar surface area (TPSA) is 50.4 Å². The molecule has 4 nitrogen and oxygen atoms in total. The lowest BCUT2D eigenvalue weighted by Gasteiger charge is -2.27. The average Bonchev–Trinajstić information content (AvgIpc) is 1.78. The zero-order valence-electron chi connectivity index (χ0n) is 8.92. The fourth-order valence-corrected chi connectivity index (χ4v) is 1.00. The molecule has 14 heavy (non-hydrogen) atoms. The van der Waals surface area contributed by atoms with E-state index in [1.807, 2.05) is 20.8 Å². The molecule has 0 atom stereocenters. The second kappa shape index (κ2) is 5.41. The molecule has 1 rings (SSSR count). The van der Waals surface area contributed by atoms with E-state index in [1.165, 1.54) is 0 Å². The predicted molar refractivity (Wildman–Crippen MR) is 57.8 cm³/mol. The minimum absolute atomic E-state index is 0. The molecule has 1 aliphatic heterocycles. The van der Waals surface area contributed by atoms with Gasteiger partial charge in [-0.25, -0.2) is 4.79 Å². The highest BCUT2D eigenvalue weighted by atomic mass is 35.5. The Morgan fingerprint density at radius 1 is 1.50 bits per heavy atom. The van der Waals surface area contributed by atoms with Crippen molar-refractivity contribution >= 4 is 18.5 Å². The van der Waals surface area contributed by atoms with E-state index in [0.29, 0.717) is 12.5 Å². The van der Waals surface area contributed by atoms with Gasteiger partial charge in [0.05, 0.1) is 6.61 Å². The van der Waals surface area contributed by atoms with Crippen molar-refractivity contribution in [3.63, 3.8) is 0 Å². The van der Waals surface area contributed by atoms with Gasteiger partial charge in [-0.3, -0.25) is 0 Å². The molecule has 1 heterocycles. The fraction of sp³-hybridized carbons (Fsp3) is 0.889. The zero-order chi connectivity index (χ0) is 9.90. The average molecular weight is 223 g/mol. The molecule has 1 saturated heterocycles. The SMILES string of the molecule is CC(C)(C)NC(=O)OCC1CNC1.Cl. The van der Waals surface area contributed by atoms with Crippen molar-refractivity contribution in [1.29, 1.82) is 0 Å². The molecule has 0 radical (unpaired) electrons. The number of rotatable bonds is 2. The largest absolute Gasteiger partial charge is 0.449 e. The summed E-state index contributed by atoms with van der Waals surface area (Å²) in [5.41, 5.74) is -0.213. The number of ether oxygens (including phenoxy) is 1. The molecule has 1 amide bonds. The maximum Gasteiger partial charge on any atom is 0.407 e. The number of amides is 1. The Hall–Kier alpha value is -0.480. The van der Waals surface area contributed by atoms with Crippen molar-refractivity contribution < 1.29 is 9.53 Å². The first kappa shape index (κ1) is 13.5. The summed E-state index contributed by atoms with van der Waals surface area (Å²) in [5.74, 6) is 0.505. The van der Waals surface area contributed by atoms with Gasteiger partial charge >= 0.3 is 6.09 Å². The molecule has 0 aliphatic carbocycles. The summed E-state index contributed by atoms with van der Waals surface area (Å²) >= 11 is 0. The third-order valence-corrected chi connectivity index (χ3v) is 1.79. The Balaban J connectivity index is 0.00000169. The minimum atomic E-state index is -0.320. The third kappa shape index (κ3) is 5.29. The first-order valence-corrected chi connectivity index (χ1v) is 4.63. The van der Waals surface area contributed by atoms with Gasteiger partial charge in [-0.1, -0.05) is 0 Å². The van der Waals surface area contributed by atoms with Crippen LogP contribution in [0.25, 0.3) is 0 Å². The molecule has 84 valence electrons. The molecule has 0 aromatic carbocycles. The third-order valence-electron chi connectivity index (χ3n) is 1.79. The summed E-state index contributed by atoms with van der Waals surface area (Å²) in [6.07, 6.45) is -0.320. The van der Waals surface area contributed by atoms with Gasteiger partial charge in [-0.2, -0.15) is 0 Å². The molecule has 1 aliphatic rings. The maximum absolute atomic E-state index is 11.1. The van der Waals surface area contributed by atoms with Crippen LogP contribution in [0.4, 0.5) is 4.79 Å². The lowest BCUT2D eigenvalue weighted by Crippen LogP contribution is -2.47. The van der Waals surface area contributed by atoms with Gasteiger partial charge in [-0.15, -0.1) is 12.4 Å². The van der Waals surface area contributed by atoms with E-state index in [4.69, 9.17) is 4.74 Å². The summed E-state index contributed by atoms with van der Waals surface area (Å²) in [7, 11) is 0. The second-order valence-corrected chi connectivity index (χ2v) is 4.50. The van der Waals surface area contributed by atoms with E-state index in [1.54, 1.807) is 0 Å². The lowest BCUT2D eigenvalue weighted by atomic mass is 10.1. The Labute approximate surface area is 91.2 Å². The number of halogens is 1. The number of alkyl carbamates (subject to hydrolysis) is 1. The van der Waals surface area contributed by atoms with Gasteiger partial charge in [0.15, 0.2) is 0 Å². The maximum atomic E-state index is 11.1. The van der Waals surface area contributed by atoms with Crippen molar-refractivity contribution in [1.82, 2.24) is 10.6 Å². The molecular weight excluding hydrogens is 204 g/mol. The molecule has 5 heteroatoms. The molecule has 0 aromatic heterocycles. The summed E-state index contributed by atoms with van der Waals surface area (Å²) in [4.78, 5) is 11.1. The lowest BCUT2D eigenvalue weighted by molar-refractivity contribution is 0.105. The number of hydrogen-bond donors (Lipinski definition) is 2. The Morgan fingerprint density at radius 2 is 2.07 bits per heavy atom. The van der Waals surface area contributed by atoms with Crippen molar-refractivity contribution in [2.45, 2.75) is 26.3 Å². The van der Waals surface area contributed by atoms with Crippen LogP contribution in [0.3, 0.4) is 0 Å². The Bertz CT molecular complexity index is 188. The number of nitrogens with one attached hydrogen (secondary N) is 2. The molecule has 2 N–H and O–H groups in total. The van der Waals surface area contributed by atoms with Gasteiger partial charge in [0.25, 0.3) is 0 Å². The molecule has 0 aromatic rings. The Morgan fingerprint density at radius 3 is 2.43 bits per heavy atom. The highest BCUT2D eigenvalue weighted by Crippen LogP contribution is 2.04. The number of hydrogen-bond acceptors (Lipinski definition) is 3. The monoisotopic (exact) mass is 222 g/mol. The van der Waals surface area contributed by atoms with Gasteiger partial charge in [0.2, 0.25) is 0 Å². The van der Waals surface area contributed by atoms with Crippen LogP contribution in [-0.2, 0) is 4.74 Å². The van der Waals surface area contributed by atoms with Crippen LogP contribution in [0.5, 0.6) is 0 Å². The second-order valence-electron chi connectivity index (χ2n) is 4.50. The zero-order valence-corrected chi connectivity index (χ0v) is 9.74. The van der Waals surface area contributed by atoms with Crippen LogP contribution < -0.4 is 10.6 Å². The van der Waals surface area contributed by atoms with Crippen LogP contribution >= 0.6 is 12.4 Å². The smallest absolute Gasteiger partial charge is 0.407 e. The van der Waals surface area contributed by atoms with Crippen molar-refractivity contribution in [3.05, 3.63) is 0 Å². The fourth-order valence-electron chi connectivity index (χ4n) is 1.00. The molecule has 0 bridgehead atoms. The van der Waals surface area contributed by atoms with Crippen LogP contribution in [0.15, 0.2) is 0 Å². The van der Waals surface area contributed by atoms with Crippen LogP contribution in [0.2, 0.25) is 0 Å². The van der Waals surface area contributed by atoms with Crippen LogP contribution in [0, 0.1) is 5.92 Å². The van der Waals surface area contributed by atoms with E-state index < -0.39 is 0 Å². The van der Waals surface area contributed by atoms with Gasteiger partial charge in [0, 0.05) is 24.5 Å². The summed E-state index contributed by atoms with van der Waals surface area (Å²) in [6, 6.07) is 0. The van der Waals surface area contributed by atoms with E-state index >= 15 is 0 Å². The van der Waals surface area contributed by atoms with E-state index in [-0.39, 0.29) is 24.0 Å². The first-order valence-electron chi connectivity index (χ1n) is 4.63.